The van der Waals surface area contributed by atoms with Crippen molar-refractivity contribution in [3.05, 3.63) is 33.1 Å². The first-order chi connectivity index (χ1) is 13.5. The van der Waals surface area contributed by atoms with E-state index < -0.39 is 0 Å². The van der Waals surface area contributed by atoms with Crippen LogP contribution in [0.25, 0.3) is 10.1 Å². The lowest BCUT2D eigenvalue weighted by Gasteiger charge is -2.23. The summed E-state index contributed by atoms with van der Waals surface area (Å²) < 4.78 is 0.925. The number of nitrogens with zero attached hydrogens (tertiary/aromatic N) is 3. The molecular formula is C20H23Cl2N3O2S. The molecule has 2 amide bonds. The van der Waals surface area contributed by atoms with Crippen molar-refractivity contribution >= 4 is 56.4 Å². The number of carbonyl (C=O) groups excluding carboxylic acids is 2. The number of halogens is 2. The van der Waals surface area contributed by atoms with Crippen molar-refractivity contribution in [2.24, 2.45) is 0 Å². The Balaban J connectivity index is 1.42. The van der Waals surface area contributed by atoms with Crippen LogP contribution >= 0.6 is 34.5 Å². The van der Waals surface area contributed by atoms with E-state index in [-0.39, 0.29) is 11.8 Å². The second-order valence-corrected chi connectivity index (χ2v) is 9.26. The van der Waals surface area contributed by atoms with Crippen LogP contribution in [0, 0.1) is 0 Å². The summed E-state index contributed by atoms with van der Waals surface area (Å²) in [7, 11) is 0. The highest BCUT2D eigenvalue weighted by Gasteiger charge is 2.26. The van der Waals surface area contributed by atoms with Crippen LogP contribution in [-0.2, 0) is 4.79 Å². The Hall–Kier alpha value is -1.34. The first-order valence-electron chi connectivity index (χ1n) is 9.70. The molecule has 0 radical (unpaired) electrons. The Morgan fingerprint density at radius 3 is 2.46 bits per heavy atom. The number of rotatable bonds is 3. The van der Waals surface area contributed by atoms with Crippen molar-refractivity contribution < 1.29 is 9.59 Å². The minimum absolute atomic E-state index is 0.0324. The van der Waals surface area contributed by atoms with Crippen molar-refractivity contribution in [1.29, 1.82) is 0 Å². The van der Waals surface area contributed by atoms with Crippen LogP contribution in [0.5, 0.6) is 0 Å². The first-order valence-corrected chi connectivity index (χ1v) is 11.3. The van der Waals surface area contributed by atoms with E-state index in [1.807, 2.05) is 21.9 Å². The summed E-state index contributed by atoms with van der Waals surface area (Å²) >= 11 is 14.0. The van der Waals surface area contributed by atoms with Gasteiger partial charge in [-0.2, -0.15) is 0 Å². The van der Waals surface area contributed by atoms with Gasteiger partial charge in [0.15, 0.2) is 0 Å². The smallest absolute Gasteiger partial charge is 0.265 e. The quantitative estimate of drug-likeness (QED) is 0.726. The molecule has 0 N–H and O–H groups in total. The molecular weight excluding hydrogens is 417 g/mol. The molecule has 2 fully saturated rings. The lowest BCUT2D eigenvalue weighted by Crippen LogP contribution is -2.41. The van der Waals surface area contributed by atoms with Gasteiger partial charge in [-0.05, 0) is 31.4 Å². The molecule has 0 atom stereocenters. The lowest BCUT2D eigenvalue weighted by atomic mass is 10.2. The minimum Gasteiger partial charge on any atom is -0.342 e. The van der Waals surface area contributed by atoms with Gasteiger partial charge in [-0.3, -0.25) is 14.5 Å². The van der Waals surface area contributed by atoms with E-state index in [0.29, 0.717) is 41.1 Å². The van der Waals surface area contributed by atoms with Gasteiger partial charge < -0.3 is 9.80 Å². The molecule has 8 heteroatoms. The van der Waals surface area contributed by atoms with E-state index in [2.05, 4.69) is 4.90 Å². The summed E-state index contributed by atoms with van der Waals surface area (Å²) in [5, 5.41) is 2.01. The fourth-order valence-electron chi connectivity index (χ4n) is 3.91. The molecule has 0 bridgehead atoms. The van der Waals surface area contributed by atoms with Gasteiger partial charge in [-0.1, -0.05) is 29.3 Å². The highest BCUT2D eigenvalue weighted by Crippen LogP contribution is 2.37. The SMILES string of the molecule is O=C(CN1CCCN(C(=O)c2sc3cc(Cl)ccc3c2Cl)CC1)N1CCCC1. The van der Waals surface area contributed by atoms with Gasteiger partial charge in [0.25, 0.3) is 5.91 Å². The van der Waals surface area contributed by atoms with Crippen molar-refractivity contribution in [2.75, 3.05) is 45.8 Å². The van der Waals surface area contributed by atoms with Gasteiger partial charge in [0.05, 0.1) is 11.6 Å². The zero-order valence-corrected chi connectivity index (χ0v) is 18.0. The molecule has 0 aliphatic carbocycles. The van der Waals surface area contributed by atoms with Crippen molar-refractivity contribution in [2.45, 2.75) is 19.3 Å². The Bertz CT molecular complexity index is 895. The zero-order chi connectivity index (χ0) is 19.7. The van der Waals surface area contributed by atoms with Crippen LogP contribution in [0.3, 0.4) is 0 Å². The molecule has 1 aromatic heterocycles. The fraction of sp³-hybridized carbons (Fsp3) is 0.500. The van der Waals surface area contributed by atoms with Crippen LogP contribution in [-0.4, -0.2) is 72.3 Å². The molecule has 28 heavy (non-hydrogen) atoms. The molecule has 1 aromatic carbocycles. The van der Waals surface area contributed by atoms with E-state index in [1.165, 1.54) is 11.3 Å². The van der Waals surface area contributed by atoms with Gasteiger partial charge in [0.1, 0.15) is 4.88 Å². The molecule has 2 aliphatic rings. The van der Waals surface area contributed by atoms with Gasteiger partial charge in [-0.25, -0.2) is 0 Å². The first kappa shape index (κ1) is 20.0. The lowest BCUT2D eigenvalue weighted by molar-refractivity contribution is -0.131. The van der Waals surface area contributed by atoms with Crippen molar-refractivity contribution in [1.82, 2.24) is 14.7 Å². The Morgan fingerprint density at radius 1 is 0.929 bits per heavy atom. The summed E-state index contributed by atoms with van der Waals surface area (Å²) in [6.45, 7) is 5.04. The maximum atomic E-state index is 13.1. The van der Waals surface area contributed by atoms with E-state index in [1.54, 1.807) is 6.07 Å². The predicted octanol–water partition coefficient (Wildman–Crippen LogP) is 3.98. The summed E-state index contributed by atoms with van der Waals surface area (Å²) in [4.78, 5) is 32.1. The van der Waals surface area contributed by atoms with Crippen LogP contribution in [0.1, 0.15) is 28.9 Å². The molecule has 5 nitrogen and oxygen atoms in total. The normalized spacial score (nSPS) is 18.6. The second-order valence-electron chi connectivity index (χ2n) is 7.40. The highest BCUT2D eigenvalue weighted by molar-refractivity contribution is 7.21. The fourth-order valence-corrected chi connectivity index (χ4v) is 5.67. The summed E-state index contributed by atoms with van der Waals surface area (Å²) in [5.41, 5.74) is 0. The third kappa shape index (κ3) is 4.15. The highest BCUT2D eigenvalue weighted by atomic mass is 35.5. The zero-order valence-electron chi connectivity index (χ0n) is 15.6. The molecule has 0 spiro atoms. The molecule has 4 rings (SSSR count). The summed E-state index contributed by atoms with van der Waals surface area (Å²) in [5.74, 6) is 0.178. The third-order valence-corrected chi connectivity index (χ3v) is 7.36. The summed E-state index contributed by atoms with van der Waals surface area (Å²) in [6, 6.07) is 5.50. The molecule has 2 saturated heterocycles. The molecule has 2 aromatic rings. The van der Waals surface area contributed by atoms with Crippen LogP contribution in [0.4, 0.5) is 0 Å². The van der Waals surface area contributed by atoms with Gasteiger partial charge in [0.2, 0.25) is 5.91 Å². The van der Waals surface area contributed by atoms with Gasteiger partial charge in [-0.15, -0.1) is 11.3 Å². The maximum absolute atomic E-state index is 13.1. The largest absolute Gasteiger partial charge is 0.342 e. The second kappa shape index (κ2) is 8.57. The monoisotopic (exact) mass is 439 g/mol. The minimum atomic E-state index is -0.0324. The standard InChI is InChI=1S/C20H23Cl2N3O2S/c21-14-4-5-15-16(12-14)28-19(18(15)22)20(27)25-9-3-6-23(10-11-25)13-17(26)24-7-1-2-8-24/h4-5,12H,1-3,6-11,13H2. The number of carbonyl (C=O) groups is 2. The molecule has 0 saturated carbocycles. The average molecular weight is 440 g/mol. The molecule has 150 valence electrons. The summed E-state index contributed by atoms with van der Waals surface area (Å²) in [6.07, 6.45) is 3.07. The molecule has 2 aliphatic heterocycles. The topological polar surface area (TPSA) is 43.9 Å². The molecule has 3 heterocycles. The van der Waals surface area contributed by atoms with Crippen LogP contribution < -0.4 is 0 Å². The maximum Gasteiger partial charge on any atom is 0.265 e. The third-order valence-electron chi connectivity index (χ3n) is 5.48. The Kier molecular flexibility index (Phi) is 6.11. The van der Waals surface area contributed by atoms with Gasteiger partial charge in [0, 0.05) is 54.4 Å². The average Bonchev–Trinajstić information content (AvgIpc) is 3.25. The van der Waals surface area contributed by atoms with Crippen LogP contribution in [0.2, 0.25) is 10.0 Å². The van der Waals surface area contributed by atoms with E-state index in [4.69, 9.17) is 23.2 Å². The van der Waals surface area contributed by atoms with Crippen molar-refractivity contribution in [3.63, 3.8) is 0 Å². The van der Waals surface area contributed by atoms with Gasteiger partial charge >= 0.3 is 0 Å². The number of thiophene rings is 1. The number of hydrogen-bond donors (Lipinski definition) is 0. The van der Waals surface area contributed by atoms with Crippen LogP contribution in [0.15, 0.2) is 18.2 Å². The van der Waals surface area contributed by atoms with E-state index in [0.717, 1.165) is 49.0 Å². The van der Waals surface area contributed by atoms with E-state index in [9.17, 15) is 9.59 Å². The van der Waals surface area contributed by atoms with E-state index >= 15 is 0 Å². The Morgan fingerprint density at radius 2 is 1.68 bits per heavy atom. The Labute approximate surface area is 178 Å². The van der Waals surface area contributed by atoms with Crippen molar-refractivity contribution in [3.8, 4) is 0 Å². The number of likely N-dealkylation sites (tertiary alicyclic amines) is 1. The number of fused-ring (bicyclic) bond motifs is 1. The number of benzene rings is 1. The number of hydrogen-bond acceptors (Lipinski definition) is 4. The number of amides is 2. The predicted molar refractivity (Wildman–Crippen MR) is 115 cm³/mol. The molecule has 0 unspecified atom stereocenters.